The number of rotatable bonds is 3. The van der Waals surface area contributed by atoms with E-state index in [1.807, 2.05) is 49.0 Å². The van der Waals surface area contributed by atoms with Gasteiger partial charge in [0.25, 0.3) is 5.91 Å². The lowest BCUT2D eigenvalue weighted by molar-refractivity contribution is 0.0948. The third-order valence-electron chi connectivity index (χ3n) is 3.67. The third kappa shape index (κ3) is 2.96. The van der Waals surface area contributed by atoms with Crippen LogP contribution < -0.4 is 5.32 Å². The normalized spacial score (nSPS) is 18.4. The van der Waals surface area contributed by atoms with Crippen LogP contribution in [0.3, 0.4) is 0 Å². The average Bonchev–Trinajstić information content (AvgIpc) is 2.97. The Hall–Kier alpha value is -1.55. The molecule has 1 aromatic heterocycles. The molecule has 1 fully saturated rings. The van der Waals surface area contributed by atoms with Gasteiger partial charge in [-0.2, -0.15) is 11.8 Å². The second-order valence-electron chi connectivity index (χ2n) is 5.30. The molecule has 0 saturated carbocycles. The van der Waals surface area contributed by atoms with Gasteiger partial charge in [-0.05, 0) is 55.0 Å². The molecule has 4 heteroatoms. The minimum absolute atomic E-state index is 0.0179. The lowest BCUT2D eigenvalue weighted by Gasteiger charge is -2.10. The van der Waals surface area contributed by atoms with E-state index >= 15 is 0 Å². The van der Waals surface area contributed by atoms with Crippen molar-refractivity contribution in [1.29, 1.82) is 0 Å². The fourth-order valence-corrected chi connectivity index (χ4v) is 3.74. The maximum absolute atomic E-state index is 12.2. The van der Waals surface area contributed by atoms with E-state index in [1.54, 1.807) is 0 Å². The van der Waals surface area contributed by atoms with Crippen molar-refractivity contribution in [2.24, 2.45) is 5.92 Å². The predicted molar refractivity (Wildman–Crippen MR) is 84.2 cm³/mol. The molecule has 20 heavy (non-hydrogen) atoms. The van der Waals surface area contributed by atoms with Crippen molar-refractivity contribution in [2.45, 2.75) is 13.3 Å². The van der Waals surface area contributed by atoms with Crippen LogP contribution in [0.4, 0.5) is 0 Å². The lowest BCUT2D eigenvalue weighted by Crippen LogP contribution is -2.29. The van der Waals surface area contributed by atoms with Crippen LogP contribution in [0, 0.1) is 12.8 Å². The number of pyridine rings is 1. The molecule has 1 aliphatic heterocycles. The van der Waals surface area contributed by atoms with E-state index in [9.17, 15) is 4.79 Å². The molecule has 3 rings (SSSR count). The van der Waals surface area contributed by atoms with Crippen LogP contribution in [0.15, 0.2) is 30.3 Å². The fourth-order valence-electron chi connectivity index (χ4n) is 2.45. The van der Waals surface area contributed by atoms with E-state index in [0.717, 1.165) is 23.1 Å². The summed E-state index contributed by atoms with van der Waals surface area (Å²) in [5.41, 5.74) is 2.65. The average molecular weight is 286 g/mol. The molecule has 1 N–H and O–H groups in total. The van der Waals surface area contributed by atoms with Gasteiger partial charge in [0.2, 0.25) is 0 Å². The molecule has 104 valence electrons. The summed E-state index contributed by atoms with van der Waals surface area (Å²) in [5, 5.41) is 4.06. The first-order chi connectivity index (χ1) is 9.72. The highest BCUT2D eigenvalue weighted by molar-refractivity contribution is 7.99. The van der Waals surface area contributed by atoms with Gasteiger partial charge >= 0.3 is 0 Å². The van der Waals surface area contributed by atoms with Gasteiger partial charge in [-0.15, -0.1) is 0 Å². The van der Waals surface area contributed by atoms with Crippen LogP contribution in [0.2, 0.25) is 0 Å². The number of nitrogens with zero attached hydrogens (tertiary/aromatic N) is 1. The first kappa shape index (κ1) is 13.4. The number of fused-ring (bicyclic) bond motifs is 1. The molecule has 3 nitrogen and oxygen atoms in total. The van der Waals surface area contributed by atoms with E-state index < -0.39 is 0 Å². The maximum Gasteiger partial charge on any atom is 0.251 e. The zero-order valence-corrected chi connectivity index (χ0v) is 12.4. The van der Waals surface area contributed by atoms with E-state index in [-0.39, 0.29) is 5.91 Å². The van der Waals surface area contributed by atoms with E-state index in [0.29, 0.717) is 11.5 Å². The van der Waals surface area contributed by atoms with Crippen LogP contribution in [-0.4, -0.2) is 28.9 Å². The van der Waals surface area contributed by atoms with Crippen LogP contribution in [0.1, 0.15) is 22.5 Å². The SMILES string of the molecule is Cc1ccc2cc(C(=O)NC[C@H]3CCSC3)ccc2n1. The van der Waals surface area contributed by atoms with Crippen LogP contribution in [0.25, 0.3) is 10.9 Å². The van der Waals surface area contributed by atoms with Gasteiger partial charge in [0, 0.05) is 23.2 Å². The number of nitrogens with one attached hydrogen (secondary N) is 1. The Morgan fingerprint density at radius 1 is 1.40 bits per heavy atom. The molecule has 1 aliphatic rings. The Labute approximate surface area is 123 Å². The van der Waals surface area contributed by atoms with Crippen molar-refractivity contribution < 1.29 is 4.79 Å². The molecule has 2 aromatic rings. The van der Waals surface area contributed by atoms with Crippen molar-refractivity contribution >= 4 is 28.6 Å². The quantitative estimate of drug-likeness (QED) is 0.943. The molecule has 0 bridgehead atoms. The number of aryl methyl sites for hydroxylation is 1. The number of hydrogen-bond acceptors (Lipinski definition) is 3. The van der Waals surface area contributed by atoms with Gasteiger partial charge in [0.15, 0.2) is 0 Å². The Morgan fingerprint density at radius 2 is 2.30 bits per heavy atom. The highest BCUT2D eigenvalue weighted by atomic mass is 32.2. The summed E-state index contributed by atoms with van der Waals surface area (Å²) >= 11 is 1.97. The number of benzene rings is 1. The first-order valence-corrected chi connectivity index (χ1v) is 8.11. The molecule has 1 amide bonds. The second-order valence-corrected chi connectivity index (χ2v) is 6.45. The third-order valence-corrected chi connectivity index (χ3v) is 4.90. The smallest absolute Gasteiger partial charge is 0.251 e. The number of hydrogen-bond donors (Lipinski definition) is 1. The summed E-state index contributed by atoms with van der Waals surface area (Å²) in [6.45, 7) is 2.76. The number of aromatic nitrogens is 1. The van der Waals surface area contributed by atoms with E-state index in [4.69, 9.17) is 0 Å². The zero-order chi connectivity index (χ0) is 13.9. The molecule has 0 radical (unpaired) electrons. The van der Waals surface area contributed by atoms with Gasteiger partial charge in [-0.25, -0.2) is 0 Å². The van der Waals surface area contributed by atoms with Gasteiger partial charge in [0.1, 0.15) is 0 Å². The van der Waals surface area contributed by atoms with Crippen molar-refractivity contribution in [1.82, 2.24) is 10.3 Å². The van der Waals surface area contributed by atoms with Crippen LogP contribution >= 0.6 is 11.8 Å². The highest BCUT2D eigenvalue weighted by Gasteiger charge is 2.16. The van der Waals surface area contributed by atoms with Gasteiger partial charge < -0.3 is 5.32 Å². The highest BCUT2D eigenvalue weighted by Crippen LogP contribution is 2.22. The van der Waals surface area contributed by atoms with E-state index in [1.165, 1.54) is 17.9 Å². The Morgan fingerprint density at radius 3 is 3.10 bits per heavy atom. The molecule has 1 saturated heterocycles. The number of carbonyl (C=O) groups is 1. The van der Waals surface area contributed by atoms with Crippen molar-refractivity contribution in [3.63, 3.8) is 0 Å². The Bertz CT molecular complexity index is 635. The molecular formula is C16H18N2OS. The first-order valence-electron chi connectivity index (χ1n) is 6.96. The molecule has 0 unspecified atom stereocenters. The topological polar surface area (TPSA) is 42.0 Å². The zero-order valence-electron chi connectivity index (χ0n) is 11.6. The second kappa shape index (κ2) is 5.83. The largest absolute Gasteiger partial charge is 0.352 e. The number of thioether (sulfide) groups is 1. The lowest BCUT2D eigenvalue weighted by atomic mass is 10.1. The Balaban J connectivity index is 1.72. The monoisotopic (exact) mass is 286 g/mol. The fraction of sp³-hybridized carbons (Fsp3) is 0.375. The Kier molecular flexibility index (Phi) is 3.92. The summed E-state index contributed by atoms with van der Waals surface area (Å²) in [6, 6.07) is 9.68. The van der Waals surface area contributed by atoms with Crippen molar-refractivity contribution in [3.8, 4) is 0 Å². The van der Waals surface area contributed by atoms with Crippen LogP contribution in [-0.2, 0) is 0 Å². The molecule has 0 aliphatic carbocycles. The van der Waals surface area contributed by atoms with Crippen molar-refractivity contribution in [2.75, 3.05) is 18.1 Å². The van der Waals surface area contributed by atoms with Gasteiger partial charge in [0.05, 0.1) is 5.52 Å². The molecule has 2 heterocycles. The molecular weight excluding hydrogens is 268 g/mol. The number of amides is 1. The summed E-state index contributed by atoms with van der Waals surface area (Å²) in [7, 11) is 0. The molecule has 1 atom stereocenters. The number of carbonyl (C=O) groups excluding carboxylic acids is 1. The van der Waals surface area contributed by atoms with Crippen LogP contribution in [0.5, 0.6) is 0 Å². The van der Waals surface area contributed by atoms with Crippen molar-refractivity contribution in [3.05, 3.63) is 41.6 Å². The predicted octanol–water partition coefficient (Wildman–Crippen LogP) is 3.03. The van der Waals surface area contributed by atoms with Gasteiger partial charge in [-0.1, -0.05) is 6.07 Å². The standard InChI is InChI=1S/C16H18N2OS/c1-11-2-3-13-8-14(4-5-15(13)18-11)16(19)17-9-12-6-7-20-10-12/h2-5,8,12H,6-7,9-10H2,1H3,(H,17,19)/t12-/m1/s1. The minimum atomic E-state index is 0.0179. The maximum atomic E-state index is 12.2. The van der Waals surface area contributed by atoms with E-state index in [2.05, 4.69) is 10.3 Å². The minimum Gasteiger partial charge on any atom is -0.352 e. The van der Waals surface area contributed by atoms with Gasteiger partial charge in [-0.3, -0.25) is 9.78 Å². The molecule has 1 aromatic carbocycles. The summed E-state index contributed by atoms with van der Waals surface area (Å²) < 4.78 is 0. The molecule has 0 spiro atoms. The summed E-state index contributed by atoms with van der Waals surface area (Å²) in [5.74, 6) is 3.04. The summed E-state index contributed by atoms with van der Waals surface area (Å²) in [6.07, 6.45) is 1.21. The summed E-state index contributed by atoms with van der Waals surface area (Å²) in [4.78, 5) is 16.6.